The van der Waals surface area contributed by atoms with E-state index in [1.165, 1.54) is 23.5 Å². The van der Waals surface area contributed by atoms with Crippen LogP contribution in [0.3, 0.4) is 0 Å². The third kappa shape index (κ3) is 5.70. The fourth-order valence-electron chi connectivity index (χ4n) is 3.61. The Balaban J connectivity index is 1.72. The molecule has 35 heavy (non-hydrogen) atoms. The van der Waals surface area contributed by atoms with Crippen molar-refractivity contribution < 1.29 is 17.9 Å². The van der Waals surface area contributed by atoms with Crippen molar-refractivity contribution in [2.24, 2.45) is 4.99 Å². The first kappa shape index (κ1) is 24.8. The second-order valence-electron chi connectivity index (χ2n) is 8.09. The molecule has 0 fully saturated rings. The maximum Gasteiger partial charge on any atom is 0.281 e. The lowest BCUT2D eigenvalue weighted by atomic mass is 10.2. The van der Waals surface area contributed by atoms with Gasteiger partial charge >= 0.3 is 0 Å². The summed E-state index contributed by atoms with van der Waals surface area (Å²) in [6, 6.07) is 19.1. The monoisotopic (exact) mass is 509 g/mol. The van der Waals surface area contributed by atoms with E-state index in [0.29, 0.717) is 24.6 Å². The number of amides is 1. The number of sulfonamides is 1. The van der Waals surface area contributed by atoms with Gasteiger partial charge in [0.25, 0.3) is 15.9 Å². The standard InChI is InChI=1S/C26H27N3O4S2/c1-4-33-16-15-29-23-14-11-19(3)17-24(23)34-26(29)27-25(30)21-7-5-6-8-22(21)28-35(31,32)20-12-9-18(2)10-13-20/h5-14,17,28H,4,15-16H2,1-3H3. The average molecular weight is 510 g/mol. The summed E-state index contributed by atoms with van der Waals surface area (Å²) in [5.74, 6) is -0.527. The van der Waals surface area contributed by atoms with Gasteiger partial charge in [0, 0.05) is 13.2 Å². The minimum absolute atomic E-state index is 0.121. The molecule has 0 atom stereocenters. The number of hydrogen-bond donors (Lipinski definition) is 1. The van der Waals surface area contributed by atoms with Crippen molar-refractivity contribution >= 4 is 43.2 Å². The number of ether oxygens (including phenoxy) is 1. The molecule has 0 unspecified atom stereocenters. The molecule has 9 heteroatoms. The molecule has 0 saturated carbocycles. The van der Waals surface area contributed by atoms with E-state index >= 15 is 0 Å². The number of rotatable bonds is 8. The molecule has 0 aliphatic carbocycles. The van der Waals surface area contributed by atoms with E-state index in [1.54, 1.807) is 36.4 Å². The molecule has 1 heterocycles. The van der Waals surface area contributed by atoms with E-state index in [-0.39, 0.29) is 16.1 Å². The fourth-order valence-corrected chi connectivity index (χ4v) is 5.84. The van der Waals surface area contributed by atoms with Crippen LogP contribution in [0.5, 0.6) is 0 Å². The SMILES string of the molecule is CCOCCn1c(=NC(=O)c2ccccc2NS(=O)(=O)c2ccc(C)cc2)sc2cc(C)ccc21. The average Bonchev–Trinajstić information content (AvgIpc) is 3.15. The van der Waals surface area contributed by atoms with E-state index in [9.17, 15) is 13.2 Å². The van der Waals surface area contributed by atoms with Crippen molar-refractivity contribution in [2.75, 3.05) is 17.9 Å². The number of thiazole rings is 1. The van der Waals surface area contributed by atoms with Gasteiger partial charge in [-0.15, -0.1) is 0 Å². The summed E-state index contributed by atoms with van der Waals surface area (Å²) < 4.78 is 36.9. The molecule has 0 saturated heterocycles. The maximum absolute atomic E-state index is 13.3. The van der Waals surface area contributed by atoms with E-state index in [4.69, 9.17) is 4.74 Å². The van der Waals surface area contributed by atoms with E-state index < -0.39 is 15.9 Å². The molecule has 4 rings (SSSR count). The van der Waals surface area contributed by atoms with Crippen LogP contribution < -0.4 is 9.52 Å². The number of fused-ring (bicyclic) bond motifs is 1. The normalized spacial score (nSPS) is 12.3. The van der Waals surface area contributed by atoms with Gasteiger partial charge in [0.05, 0.1) is 33.0 Å². The summed E-state index contributed by atoms with van der Waals surface area (Å²) in [4.78, 5) is 18.3. The van der Waals surface area contributed by atoms with Crippen LogP contribution in [0.1, 0.15) is 28.4 Å². The summed E-state index contributed by atoms with van der Waals surface area (Å²) in [5.41, 5.74) is 3.40. The third-order valence-electron chi connectivity index (χ3n) is 5.43. The van der Waals surface area contributed by atoms with Crippen LogP contribution in [0.25, 0.3) is 10.2 Å². The van der Waals surface area contributed by atoms with Crippen molar-refractivity contribution in [3.05, 3.63) is 88.2 Å². The second-order valence-corrected chi connectivity index (χ2v) is 10.8. The number of carbonyl (C=O) groups is 1. The topological polar surface area (TPSA) is 89.8 Å². The summed E-state index contributed by atoms with van der Waals surface area (Å²) in [5, 5.41) is 0. The molecule has 0 bridgehead atoms. The Morgan fingerprint density at radius 2 is 1.74 bits per heavy atom. The highest BCUT2D eigenvalue weighted by atomic mass is 32.2. The van der Waals surface area contributed by atoms with Gasteiger partial charge in [-0.05, 0) is 62.7 Å². The molecule has 3 aromatic carbocycles. The zero-order chi connectivity index (χ0) is 25.0. The van der Waals surface area contributed by atoms with Crippen molar-refractivity contribution in [1.82, 2.24) is 4.57 Å². The van der Waals surface area contributed by atoms with Crippen LogP contribution in [0.4, 0.5) is 5.69 Å². The van der Waals surface area contributed by atoms with E-state index in [0.717, 1.165) is 21.3 Å². The van der Waals surface area contributed by atoms with Crippen LogP contribution >= 0.6 is 11.3 Å². The Labute approximate surface area is 208 Å². The molecule has 0 radical (unpaired) electrons. The van der Waals surface area contributed by atoms with Gasteiger partial charge < -0.3 is 9.30 Å². The predicted octanol–water partition coefficient (Wildman–Crippen LogP) is 4.90. The summed E-state index contributed by atoms with van der Waals surface area (Å²) >= 11 is 1.42. The zero-order valence-electron chi connectivity index (χ0n) is 19.8. The highest BCUT2D eigenvalue weighted by molar-refractivity contribution is 7.92. The number of hydrogen-bond acceptors (Lipinski definition) is 5. The minimum atomic E-state index is -3.87. The molecule has 1 aromatic heterocycles. The number of aryl methyl sites for hydroxylation is 2. The van der Waals surface area contributed by atoms with Crippen LogP contribution in [0.2, 0.25) is 0 Å². The van der Waals surface area contributed by atoms with Crippen LogP contribution in [0.15, 0.2) is 76.6 Å². The van der Waals surface area contributed by atoms with Gasteiger partial charge in [0.1, 0.15) is 0 Å². The van der Waals surface area contributed by atoms with Gasteiger partial charge in [-0.3, -0.25) is 9.52 Å². The Morgan fingerprint density at radius 1 is 1.03 bits per heavy atom. The molecular weight excluding hydrogens is 482 g/mol. The van der Waals surface area contributed by atoms with Crippen molar-refractivity contribution in [3.8, 4) is 0 Å². The molecule has 0 aliphatic rings. The first-order valence-corrected chi connectivity index (χ1v) is 13.5. The Morgan fingerprint density at radius 3 is 2.49 bits per heavy atom. The lowest BCUT2D eigenvalue weighted by Gasteiger charge is -2.11. The molecule has 0 spiro atoms. The Bertz CT molecular complexity index is 1540. The second kappa shape index (κ2) is 10.6. The molecule has 0 aliphatic heterocycles. The first-order chi connectivity index (χ1) is 16.8. The van der Waals surface area contributed by atoms with E-state index in [2.05, 4.69) is 15.8 Å². The number of carbonyl (C=O) groups excluding carboxylic acids is 1. The zero-order valence-corrected chi connectivity index (χ0v) is 21.4. The molecule has 4 aromatic rings. The molecule has 182 valence electrons. The predicted molar refractivity (Wildman–Crippen MR) is 139 cm³/mol. The van der Waals surface area contributed by atoms with E-state index in [1.807, 2.05) is 37.5 Å². The molecule has 7 nitrogen and oxygen atoms in total. The molecular formula is C26H27N3O4S2. The number of anilines is 1. The fraction of sp³-hybridized carbons (Fsp3) is 0.231. The van der Waals surface area contributed by atoms with Crippen LogP contribution in [-0.2, 0) is 21.3 Å². The van der Waals surface area contributed by atoms with Crippen molar-refractivity contribution in [3.63, 3.8) is 0 Å². The van der Waals surface area contributed by atoms with Gasteiger partial charge in [-0.25, -0.2) is 8.42 Å². The molecule has 1 N–H and O–H groups in total. The highest BCUT2D eigenvalue weighted by Crippen LogP contribution is 2.22. The Kier molecular flexibility index (Phi) is 7.49. The number of nitrogens with one attached hydrogen (secondary N) is 1. The van der Waals surface area contributed by atoms with Gasteiger partial charge in [-0.2, -0.15) is 4.99 Å². The van der Waals surface area contributed by atoms with Crippen molar-refractivity contribution in [2.45, 2.75) is 32.2 Å². The van der Waals surface area contributed by atoms with Crippen molar-refractivity contribution in [1.29, 1.82) is 0 Å². The lowest BCUT2D eigenvalue weighted by Crippen LogP contribution is -2.20. The maximum atomic E-state index is 13.3. The number of nitrogens with zero attached hydrogens (tertiary/aromatic N) is 2. The van der Waals surface area contributed by atoms with Gasteiger partial charge in [0.2, 0.25) is 0 Å². The number of aromatic nitrogens is 1. The Hall–Kier alpha value is -3.27. The lowest BCUT2D eigenvalue weighted by molar-refractivity contribution is 0.0997. The summed E-state index contributed by atoms with van der Waals surface area (Å²) in [7, 11) is -3.87. The first-order valence-electron chi connectivity index (χ1n) is 11.2. The smallest absolute Gasteiger partial charge is 0.281 e. The quantitative estimate of drug-likeness (QED) is 0.342. The van der Waals surface area contributed by atoms with Gasteiger partial charge in [0.15, 0.2) is 4.80 Å². The largest absolute Gasteiger partial charge is 0.380 e. The van der Waals surface area contributed by atoms with Crippen LogP contribution in [-0.4, -0.2) is 32.1 Å². The van der Waals surface area contributed by atoms with Crippen LogP contribution in [0, 0.1) is 13.8 Å². The number of benzene rings is 3. The summed E-state index contributed by atoms with van der Waals surface area (Å²) in [6.45, 7) is 7.47. The summed E-state index contributed by atoms with van der Waals surface area (Å²) in [6.07, 6.45) is 0. The highest BCUT2D eigenvalue weighted by Gasteiger charge is 2.19. The van der Waals surface area contributed by atoms with Gasteiger partial charge in [-0.1, -0.05) is 47.2 Å². The third-order valence-corrected chi connectivity index (χ3v) is 7.85. The number of para-hydroxylation sites is 1. The minimum Gasteiger partial charge on any atom is -0.380 e. The molecule has 1 amide bonds.